The van der Waals surface area contributed by atoms with Gasteiger partial charge in [0.05, 0.1) is 12.6 Å². The summed E-state index contributed by atoms with van der Waals surface area (Å²) >= 11 is 0. The number of likely N-dealkylation sites (tertiary alicyclic amines) is 1. The topological polar surface area (TPSA) is 86.1 Å². The number of amides is 1. The highest BCUT2D eigenvalue weighted by atomic mass is 16.2. The second-order valence-electron chi connectivity index (χ2n) is 6.91. The summed E-state index contributed by atoms with van der Waals surface area (Å²) in [6, 6.07) is 5.82. The van der Waals surface area contributed by atoms with E-state index in [1.54, 1.807) is 23.4 Å². The quantitative estimate of drug-likeness (QED) is 0.828. The molecule has 3 rings (SSSR count). The lowest BCUT2D eigenvalue weighted by Gasteiger charge is -2.29. The second kappa shape index (κ2) is 8.21. The molecule has 25 heavy (non-hydrogen) atoms. The van der Waals surface area contributed by atoms with E-state index in [1.807, 2.05) is 6.07 Å². The molecular formula is C19H24N4O2. The molecule has 6 nitrogen and oxygen atoms in total. The molecule has 1 N–H and O–H groups in total. The van der Waals surface area contributed by atoms with E-state index in [-0.39, 0.29) is 36.2 Å². The first kappa shape index (κ1) is 17.6. The fourth-order valence-electron chi connectivity index (χ4n) is 3.84. The Hall–Kier alpha value is -2.26. The molecule has 1 aliphatic heterocycles. The Balaban J connectivity index is 1.43. The summed E-state index contributed by atoms with van der Waals surface area (Å²) in [6.07, 6.45) is 8.46. The van der Waals surface area contributed by atoms with Gasteiger partial charge in [0, 0.05) is 36.5 Å². The summed E-state index contributed by atoms with van der Waals surface area (Å²) < 4.78 is 0. The third-order valence-corrected chi connectivity index (χ3v) is 5.31. The Morgan fingerprint density at radius 1 is 1.28 bits per heavy atom. The average molecular weight is 340 g/mol. The van der Waals surface area contributed by atoms with Gasteiger partial charge in [0.25, 0.3) is 0 Å². The lowest BCUT2D eigenvalue weighted by atomic mass is 9.82. The van der Waals surface area contributed by atoms with Crippen LogP contribution in [-0.4, -0.2) is 46.7 Å². The third-order valence-electron chi connectivity index (χ3n) is 5.31. The largest absolute Gasteiger partial charge is 0.326 e. The molecule has 1 aromatic heterocycles. The van der Waals surface area contributed by atoms with E-state index in [2.05, 4.69) is 16.4 Å². The van der Waals surface area contributed by atoms with Gasteiger partial charge in [-0.1, -0.05) is 0 Å². The van der Waals surface area contributed by atoms with Gasteiger partial charge in [-0.25, -0.2) is 0 Å². The zero-order valence-electron chi connectivity index (χ0n) is 14.4. The van der Waals surface area contributed by atoms with E-state index in [0.29, 0.717) is 12.1 Å². The minimum Gasteiger partial charge on any atom is -0.326 e. The fourth-order valence-corrected chi connectivity index (χ4v) is 3.84. The first-order valence-electron chi connectivity index (χ1n) is 9.05. The number of hydrogen-bond donors (Lipinski definition) is 1. The highest BCUT2D eigenvalue weighted by molar-refractivity contribution is 5.97. The summed E-state index contributed by atoms with van der Waals surface area (Å²) in [5, 5.41) is 12.4. The van der Waals surface area contributed by atoms with Crippen LogP contribution in [0.15, 0.2) is 24.5 Å². The normalized spacial score (nSPS) is 26.2. The molecular weight excluding hydrogens is 316 g/mol. The van der Waals surface area contributed by atoms with Crippen LogP contribution in [0.5, 0.6) is 0 Å². The number of aromatic nitrogens is 1. The van der Waals surface area contributed by atoms with Crippen LogP contribution in [-0.2, 0) is 4.79 Å². The molecule has 1 aromatic rings. The number of carbonyl (C=O) groups is 2. The van der Waals surface area contributed by atoms with Crippen LogP contribution >= 0.6 is 0 Å². The first-order chi connectivity index (χ1) is 12.2. The summed E-state index contributed by atoms with van der Waals surface area (Å²) in [7, 11) is 0. The molecule has 1 saturated carbocycles. The van der Waals surface area contributed by atoms with Crippen molar-refractivity contribution in [3.63, 3.8) is 0 Å². The Morgan fingerprint density at radius 2 is 2.08 bits per heavy atom. The number of hydrogen-bond acceptors (Lipinski definition) is 5. The molecule has 0 spiro atoms. The predicted octanol–water partition coefficient (Wildman–Crippen LogP) is 1.93. The van der Waals surface area contributed by atoms with Crippen LogP contribution in [0.2, 0.25) is 0 Å². The highest BCUT2D eigenvalue weighted by Crippen LogP contribution is 2.27. The number of ketones is 1. The smallest absolute Gasteiger partial charge is 0.237 e. The van der Waals surface area contributed by atoms with Crippen molar-refractivity contribution < 1.29 is 9.59 Å². The molecule has 1 atom stereocenters. The Bertz CT molecular complexity index is 647. The minimum absolute atomic E-state index is 0.0117. The highest BCUT2D eigenvalue weighted by Gasteiger charge is 2.30. The van der Waals surface area contributed by atoms with E-state index >= 15 is 0 Å². The maximum Gasteiger partial charge on any atom is 0.237 e. The number of nitrogens with one attached hydrogen (secondary N) is 1. The van der Waals surface area contributed by atoms with Crippen molar-refractivity contribution in [1.29, 1.82) is 5.26 Å². The Kier molecular flexibility index (Phi) is 5.77. The van der Waals surface area contributed by atoms with Crippen molar-refractivity contribution in [3.8, 4) is 6.07 Å². The maximum absolute atomic E-state index is 12.5. The van der Waals surface area contributed by atoms with Gasteiger partial charge >= 0.3 is 0 Å². The van der Waals surface area contributed by atoms with Crippen LogP contribution in [0.4, 0.5) is 0 Å². The lowest BCUT2D eigenvalue weighted by Crippen LogP contribution is -2.44. The summed E-state index contributed by atoms with van der Waals surface area (Å²) in [4.78, 5) is 30.4. The molecule has 0 radical (unpaired) electrons. The van der Waals surface area contributed by atoms with Crippen molar-refractivity contribution >= 4 is 11.7 Å². The molecule has 2 aliphatic rings. The van der Waals surface area contributed by atoms with Gasteiger partial charge in [0.2, 0.25) is 5.91 Å². The van der Waals surface area contributed by atoms with Crippen LogP contribution in [0.1, 0.15) is 48.9 Å². The average Bonchev–Trinajstić information content (AvgIpc) is 3.15. The van der Waals surface area contributed by atoms with Crippen LogP contribution < -0.4 is 5.32 Å². The van der Waals surface area contributed by atoms with E-state index in [1.165, 1.54) is 0 Å². The maximum atomic E-state index is 12.5. The summed E-state index contributed by atoms with van der Waals surface area (Å²) in [5.74, 6) is 0.244. The molecule has 2 heterocycles. The monoisotopic (exact) mass is 340 g/mol. The first-order valence-corrected chi connectivity index (χ1v) is 9.05. The van der Waals surface area contributed by atoms with E-state index in [9.17, 15) is 9.59 Å². The molecule has 1 aliphatic carbocycles. The van der Waals surface area contributed by atoms with Crippen molar-refractivity contribution in [2.45, 2.75) is 50.6 Å². The van der Waals surface area contributed by atoms with Crippen molar-refractivity contribution in [3.05, 3.63) is 30.1 Å². The number of nitrogens with zero attached hydrogens (tertiary/aromatic N) is 3. The van der Waals surface area contributed by atoms with Crippen molar-refractivity contribution in [2.24, 2.45) is 5.92 Å². The predicted molar refractivity (Wildman–Crippen MR) is 92.7 cm³/mol. The van der Waals surface area contributed by atoms with E-state index in [0.717, 1.165) is 38.5 Å². The van der Waals surface area contributed by atoms with Crippen LogP contribution in [0.3, 0.4) is 0 Å². The second-order valence-corrected chi connectivity index (χ2v) is 6.91. The van der Waals surface area contributed by atoms with Crippen molar-refractivity contribution in [1.82, 2.24) is 15.2 Å². The minimum atomic E-state index is -0.262. The van der Waals surface area contributed by atoms with Gasteiger partial charge in [-0.15, -0.1) is 0 Å². The zero-order valence-corrected chi connectivity index (χ0v) is 14.4. The van der Waals surface area contributed by atoms with Gasteiger partial charge in [-0.3, -0.25) is 14.6 Å². The number of nitriles is 1. The summed E-state index contributed by atoms with van der Waals surface area (Å²) in [5.41, 5.74) is 0.686. The Morgan fingerprint density at radius 3 is 2.76 bits per heavy atom. The van der Waals surface area contributed by atoms with Gasteiger partial charge in [0.1, 0.15) is 6.04 Å². The number of carbonyl (C=O) groups excluding carboxylic acids is 2. The van der Waals surface area contributed by atoms with Gasteiger partial charge in [-0.05, 0) is 50.7 Å². The fraction of sp³-hybridized carbons (Fsp3) is 0.579. The molecule has 0 aromatic carbocycles. The molecule has 6 heteroatoms. The number of pyridine rings is 1. The van der Waals surface area contributed by atoms with E-state index < -0.39 is 0 Å². The van der Waals surface area contributed by atoms with Crippen molar-refractivity contribution in [2.75, 3.05) is 13.1 Å². The van der Waals surface area contributed by atoms with Gasteiger partial charge < -0.3 is 10.2 Å². The molecule has 0 unspecified atom stereocenters. The molecule has 132 valence electrons. The zero-order chi connectivity index (χ0) is 17.6. The molecule has 1 saturated heterocycles. The standard InChI is InChI=1S/C19H24N4O2/c20-11-17-4-2-10-23(17)18(24)13-22-16-7-5-14(6-8-16)19(25)15-3-1-9-21-12-15/h1,3,9,12,14,16-17,22H,2,4-8,10,13H2/t14?,16?,17-/m0/s1. The number of Topliss-reactive ketones (excluding diaryl/α,β-unsaturated/α-hetero) is 1. The van der Waals surface area contributed by atoms with Crippen LogP contribution in [0.25, 0.3) is 0 Å². The third kappa shape index (κ3) is 4.23. The molecule has 0 bridgehead atoms. The Labute approximate surface area is 148 Å². The van der Waals surface area contributed by atoms with Gasteiger partial charge in [0.15, 0.2) is 5.78 Å². The SMILES string of the molecule is N#C[C@@H]1CCCN1C(=O)CNC1CCC(C(=O)c2cccnc2)CC1. The van der Waals surface area contributed by atoms with E-state index in [4.69, 9.17) is 5.26 Å². The molecule has 2 fully saturated rings. The number of rotatable bonds is 5. The van der Waals surface area contributed by atoms with Gasteiger partial charge in [-0.2, -0.15) is 5.26 Å². The molecule has 1 amide bonds. The summed E-state index contributed by atoms with van der Waals surface area (Å²) in [6.45, 7) is 0.967. The van der Waals surface area contributed by atoms with Crippen LogP contribution in [0, 0.1) is 17.2 Å². The lowest BCUT2D eigenvalue weighted by molar-refractivity contribution is -0.130.